The second kappa shape index (κ2) is 7.76. The van der Waals surface area contributed by atoms with Gasteiger partial charge in [0.1, 0.15) is 11.9 Å². The molecule has 1 atom stereocenters. The molecule has 8 nitrogen and oxygen atoms in total. The van der Waals surface area contributed by atoms with Crippen LogP contribution in [0.3, 0.4) is 0 Å². The zero-order valence-corrected chi connectivity index (χ0v) is 14.0. The van der Waals surface area contributed by atoms with Gasteiger partial charge in [0, 0.05) is 51.8 Å². The number of piperazine rings is 1. The fourth-order valence-corrected chi connectivity index (χ4v) is 3.06. The molecule has 0 aromatic carbocycles. The average Bonchev–Trinajstić information content (AvgIpc) is 3.25. The number of nitrogens with one attached hydrogen (secondary N) is 1. The predicted molar refractivity (Wildman–Crippen MR) is 86.5 cm³/mol. The summed E-state index contributed by atoms with van der Waals surface area (Å²) in [7, 11) is 0. The molecule has 1 N–H and O–H groups in total. The number of aromatic nitrogens is 1. The Hall–Kier alpha value is -1.93. The molecule has 3 heterocycles. The third-order valence-electron chi connectivity index (χ3n) is 4.44. The van der Waals surface area contributed by atoms with E-state index < -0.39 is 0 Å². The van der Waals surface area contributed by atoms with E-state index in [1.807, 2.05) is 4.90 Å². The van der Waals surface area contributed by atoms with Crippen LogP contribution in [0.1, 0.15) is 25.0 Å². The average molecular weight is 336 g/mol. The van der Waals surface area contributed by atoms with Crippen molar-refractivity contribution in [2.24, 2.45) is 0 Å². The van der Waals surface area contributed by atoms with E-state index in [4.69, 9.17) is 9.26 Å². The molecule has 2 amide bonds. The number of hydrogen-bond donors (Lipinski definition) is 1. The highest BCUT2D eigenvalue weighted by Crippen LogP contribution is 2.16. The molecule has 2 saturated heterocycles. The summed E-state index contributed by atoms with van der Waals surface area (Å²) in [5, 5.41) is 6.46. The third-order valence-corrected chi connectivity index (χ3v) is 4.44. The van der Waals surface area contributed by atoms with Gasteiger partial charge in [-0.05, 0) is 19.8 Å². The Morgan fingerprint density at radius 1 is 1.33 bits per heavy atom. The Morgan fingerprint density at radius 3 is 2.75 bits per heavy atom. The number of carbonyl (C=O) groups excluding carboxylic acids is 2. The summed E-state index contributed by atoms with van der Waals surface area (Å²) >= 11 is 0. The van der Waals surface area contributed by atoms with Crippen LogP contribution in [-0.4, -0.2) is 72.2 Å². The van der Waals surface area contributed by atoms with E-state index in [0.717, 1.165) is 25.9 Å². The number of ether oxygens (including phenoxy) is 1. The predicted octanol–water partition coefficient (Wildman–Crippen LogP) is 0.635. The summed E-state index contributed by atoms with van der Waals surface area (Å²) in [5.41, 5.74) is 0. The lowest BCUT2D eigenvalue weighted by Crippen LogP contribution is -2.51. The first-order valence-corrected chi connectivity index (χ1v) is 8.48. The minimum atomic E-state index is -0.242. The van der Waals surface area contributed by atoms with Crippen molar-refractivity contribution in [3.05, 3.63) is 11.8 Å². The molecule has 0 aliphatic carbocycles. The summed E-state index contributed by atoms with van der Waals surface area (Å²) in [6.45, 7) is 6.11. The maximum absolute atomic E-state index is 12.3. The highest BCUT2D eigenvalue weighted by molar-refractivity contribution is 5.89. The van der Waals surface area contributed by atoms with Crippen LogP contribution in [0.2, 0.25) is 0 Å². The molecule has 2 aliphatic rings. The quantitative estimate of drug-likeness (QED) is 0.849. The van der Waals surface area contributed by atoms with Gasteiger partial charge in [-0.3, -0.25) is 14.5 Å². The molecule has 2 fully saturated rings. The van der Waals surface area contributed by atoms with Crippen LogP contribution in [0.25, 0.3) is 0 Å². The van der Waals surface area contributed by atoms with Crippen LogP contribution in [0.15, 0.2) is 10.6 Å². The molecule has 2 aliphatic heterocycles. The Morgan fingerprint density at radius 2 is 2.12 bits per heavy atom. The number of aryl methyl sites for hydroxylation is 1. The van der Waals surface area contributed by atoms with Crippen molar-refractivity contribution in [3.8, 4) is 0 Å². The normalized spacial score (nSPS) is 21.9. The van der Waals surface area contributed by atoms with Crippen molar-refractivity contribution >= 4 is 17.6 Å². The van der Waals surface area contributed by atoms with Crippen LogP contribution >= 0.6 is 0 Å². The van der Waals surface area contributed by atoms with Gasteiger partial charge < -0.3 is 19.5 Å². The molecule has 3 rings (SSSR count). The van der Waals surface area contributed by atoms with E-state index in [2.05, 4.69) is 15.4 Å². The molecular weight excluding hydrogens is 312 g/mol. The molecule has 1 aromatic rings. The molecule has 1 unspecified atom stereocenters. The van der Waals surface area contributed by atoms with Crippen LogP contribution in [0.4, 0.5) is 5.82 Å². The summed E-state index contributed by atoms with van der Waals surface area (Å²) in [6, 6.07) is 1.69. The number of rotatable bonds is 5. The Labute approximate surface area is 141 Å². The van der Waals surface area contributed by atoms with Crippen molar-refractivity contribution in [3.63, 3.8) is 0 Å². The standard InChI is InChI=1S/C16H24N4O4/c1-12-11-14(18-24-12)17-15(21)4-5-19-6-8-20(9-7-19)16(22)13-3-2-10-23-13/h11,13H,2-10H2,1H3,(H,17,18,21). The summed E-state index contributed by atoms with van der Waals surface area (Å²) in [4.78, 5) is 28.3. The van der Waals surface area contributed by atoms with Gasteiger partial charge in [0.2, 0.25) is 5.91 Å². The first-order valence-electron chi connectivity index (χ1n) is 8.48. The van der Waals surface area contributed by atoms with E-state index in [1.165, 1.54) is 0 Å². The van der Waals surface area contributed by atoms with Gasteiger partial charge >= 0.3 is 0 Å². The number of carbonyl (C=O) groups is 2. The summed E-state index contributed by atoms with van der Waals surface area (Å²) < 4.78 is 10.4. The molecule has 8 heteroatoms. The minimum Gasteiger partial charge on any atom is -0.368 e. The third kappa shape index (κ3) is 4.33. The number of hydrogen-bond acceptors (Lipinski definition) is 6. The van der Waals surface area contributed by atoms with Crippen LogP contribution in [0, 0.1) is 6.92 Å². The van der Waals surface area contributed by atoms with Gasteiger partial charge in [0.25, 0.3) is 5.91 Å². The van der Waals surface area contributed by atoms with Crippen molar-refractivity contribution in [1.82, 2.24) is 15.0 Å². The first kappa shape index (κ1) is 16.9. The van der Waals surface area contributed by atoms with Gasteiger partial charge in [-0.2, -0.15) is 0 Å². The number of anilines is 1. The van der Waals surface area contributed by atoms with Crippen LogP contribution in [0.5, 0.6) is 0 Å². The SMILES string of the molecule is Cc1cc(NC(=O)CCN2CCN(C(=O)C3CCCO3)CC2)no1. The van der Waals surface area contributed by atoms with Crippen molar-refractivity contribution < 1.29 is 18.8 Å². The maximum atomic E-state index is 12.3. The smallest absolute Gasteiger partial charge is 0.251 e. The molecule has 132 valence electrons. The molecule has 0 saturated carbocycles. The topological polar surface area (TPSA) is 87.9 Å². The zero-order chi connectivity index (χ0) is 16.9. The molecule has 1 aromatic heterocycles. The minimum absolute atomic E-state index is 0.0823. The van der Waals surface area contributed by atoms with E-state index in [1.54, 1.807) is 13.0 Å². The maximum Gasteiger partial charge on any atom is 0.251 e. The number of nitrogens with zero attached hydrogens (tertiary/aromatic N) is 3. The van der Waals surface area contributed by atoms with Gasteiger partial charge in [0.15, 0.2) is 5.82 Å². The highest BCUT2D eigenvalue weighted by atomic mass is 16.5. The fraction of sp³-hybridized carbons (Fsp3) is 0.688. The van der Waals surface area contributed by atoms with Crippen molar-refractivity contribution in [2.45, 2.75) is 32.3 Å². The first-order chi connectivity index (χ1) is 11.6. The Bertz CT molecular complexity index is 574. The second-order valence-electron chi connectivity index (χ2n) is 6.29. The Balaban J connectivity index is 1.36. The lowest BCUT2D eigenvalue weighted by atomic mass is 10.2. The van der Waals surface area contributed by atoms with Crippen molar-refractivity contribution in [1.29, 1.82) is 0 Å². The largest absolute Gasteiger partial charge is 0.368 e. The van der Waals surface area contributed by atoms with E-state index in [0.29, 0.717) is 44.2 Å². The van der Waals surface area contributed by atoms with Crippen LogP contribution in [-0.2, 0) is 14.3 Å². The summed E-state index contributed by atoms with van der Waals surface area (Å²) in [5.74, 6) is 1.15. The highest BCUT2D eigenvalue weighted by Gasteiger charge is 2.30. The lowest BCUT2D eigenvalue weighted by Gasteiger charge is -2.35. The zero-order valence-electron chi connectivity index (χ0n) is 14.0. The second-order valence-corrected chi connectivity index (χ2v) is 6.29. The van der Waals surface area contributed by atoms with E-state index in [9.17, 15) is 9.59 Å². The molecule has 0 bridgehead atoms. The van der Waals surface area contributed by atoms with Gasteiger partial charge in [-0.1, -0.05) is 5.16 Å². The number of amides is 2. The lowest BCUT2D eigenvalue weighted by molar-refractivity contribution is -0.142. The fourth-order valence-electron chi connectivity index (χ4n) is 3.06. The molecular formula is C16H24N4O4. The molecule has 0 radical (unpaired) electrons. The Kier molecular flexibility index (Phi) is 5.47. The van der Waals surface area contributed by atoms with Crippen LogP contribution < -0.4 is 5.32 Å². The monoisotopic (exact) mass is 336 g/mol. The van der Waals surface area contributed by atoms with E-state index >= 15 is 0 Å². The molecule has 0 spiro atoms. The van der Waals surface area contributed by atoms with Gasteiger partial charge in [-0.25, -0.2) is 0 Å². The van der Waals surface area contributed by atoms with E-state index in [-0.39, 0.29) is 17.9 Å². The molecule has 24 heavy (non-hydrogen) atoms. The summed E-state index contributed by atoms with van der Waals surface area (Å²) in [6.07, 6.45) is 1.95. The van der Waals surface area contributed by atoms with Gasteiger partial charge in [0.05, 0.1) is 0 Å². The van der Waals surface area contributed by atoms with Crippen molar-refractivity contribution in [2.75, 3.05) is 44.6 Å². The van der Waals surface area contributed by atoms with Gasteiger partial charge in [-0.15, -0.1) is 0 Å².